The van der Waals surface area contributed by atoms with Crippen LogP contribution < -0.4 is 0 Å². The van der Waals surface area contributed by atoms with Crippen LogP contribution in [0.4, 0.5) is 0 Å². The van der Waals surface area contributed by atoms with Crippen molar-refractivity contribution in [1.29, 1.82) is 0 Å². The van der Waals surface area contributed by atoms with Gasteiger partial charge in [-0.05, 0) is 85.5 Å². The average Bonchev–Trinajstić information content (AvgIpc) is 3.25. The highest BCUT2D eigenvalue weighted by Crippen LogP contribution is 2.68. The molecule has 1 spiro atoms. The van der Waals surface area contributed by atoms with Crippen molar-refractivity contribution >= 4 is 0 Å². The zero-order valence-corrected chi connectivity index (χ0v) is 16.5. The van der Waals surface area contributed by atoms with E-state index in [1.165, 1.54) is 36.8 Å². The van der Waals surface area contributed by atoms with Crippen molar-refractivity contribution in [2.24, 2.45) is 23.2 Å². The predicted molar refractivity (Wildman–Crippen MR) is 106 cm³/mol. The minimum Gasteiger partial charge on any atom is -0.508 e. The molecular weight excluding hydrogens is 336 g/mol. The number of ether oxygens (including phenoxy) is 2. The minimum atomic E-state index is -0.343. The molecular formula is C24H32O3. The number of hydrogen-bond donors (Lipinski definition) is 1. The maximum atomic E-state index is 9.98. The van der Waals surface area contributed by atoms with Crippen LogP contribution in [0.5, 0.6) is 5.75 Å². The molecule has 0 radical (unpaired) electrons. The van der Waals surface area contributed by atoms with Crippen LogP contribution in [-0.2, 0) is 15.9 Å². The lowest BCUT2D eigenvalue weighted by Crippen LogP contribution is -2.54. The third kappa shape index (κ3) is 2.47. The number of aromatic hydroxyl groups is 1. The molecule has 3 aliphatic carbocycles. The first-order valence-corrected chi connectivity index (χ1v) is 10.8. The van der Waals surface area contributed by atoms with Gasteiger partial charge in [0.1, 0.15) is 5.75 Å². The zero-order chi connectivity index (χ0) is 18.6. The number of phenols is 1. The fraction of sp³-hybridized carbons (Fsp3) is 0.667. The molecule has 3 fully saturated rings. The molecule has 1 heterocycles. The van der Waals surface area contributed by atoms with Crippen LogP contribution in [0.3, 0.4) is 0 Å². The number of rotatable bonds is 3. The maximum absolute atomic E-state index is 9.98. The summed E-state index contributed by atoms with van der Waals surface area (Å²) < 4.78 is 12.6. The highest BCUT2D eigenvalue weighted by Gasteiger charge is 2.66. The second-order valence-corrected chi connectivity index (χ2v) is 9.45. The summed E-state index contributed by atoms with van der Waals surface area (Å²) in [6.07, 6.45) is 10.1. The molecule has 5 atom stereocenters. The molecule has 5 rings (SSSR count). The Morgan fingerprint density at radius 1 is 1.26 bits per heavy atom. The standard InChI is InChI=1S/C24H32O3/c1-3-4-5-17-15-23(2)21(10-11-24(23)26-12-13-27-24)20-8-6-16-14-18(25)7-9-19(16)22(17)20/h3,7,9,14,17,20-22,25H,1,4-6,8,10-13,15H2,2H3/t17-,20?,21?,22?,23-/m0/s1. The Morgan fingerprint density at radius 3 is 2.85 bits per heavy atom. The lowest BCUT2D eigenvalue weighted by atomic mass is 9.50. The number of aryl methyl sites for hydroxylation is 1. The Morgan fingerprint density at radius 2 is 2.07 bits per heavy atom. The summed E-state index contributed by atoms with van der Waals surface area (Å²) in [6, 6.07) is 6.10. The van der Waals surface area contributed by atoms with Crippen molar-refractivity contribution in [1.82, 2.24) is 0 Å². The molecule has 0 amide bonds. The Labute approximate surface area is 162 Å². The summed E-state index contributed by atoms with van der Waals surface area (Å²) in [5, 5.41) is 9.98. The van der Waals surface area contributed by atoms with Crippen LogP contribution in [0.15, 0.2) is 30.9 Å². The molecule has 1 N–H and O–H groups in total. The monoisotopic (exact) mass is 368 g/mol. The Bertz CT molecular complexity index is 735. The molecule has 2 saturated carbocycles. The molecule has 3 nitrogen and oxygen atoms in total. The minimum absolute atomic E-state index is 0.116. The van der Waals surface area contributed by atoms with Gasteiger partial charge in [0.15, 0.2) is 5.79 Å². The van der Waals surface area contributed by atoms with Crippen molar-refractivity contribution in [3.8, 4) is 5.75 Å². The van der Waals surface area contributed by atoms with Crippen molar-refractivity contribution in [2.45, 2.75) is 63.6 Å². The Hall–Kier alpha value is -1.32. The van der Waals surface area contributed by atoms with E-state index in [9.17, 15) is 5.11 Å². The largest absolute Gasteiger partial charge is 0.508 e. The fourth-order valence-electron chi connectivity index (χ4n) is 7.36. The number of hydrogen-bond acceptors (Lipinski definition) is 3. The first-order valence-electron chi connectivity index (χ1n) is 10.8. The molecule has 1 saturated heterocycles. The van der Waals surface area contributed by atoms with Gasteiger partial charge in [0.2, 0.25) is 0 Å². The number of benzene rings is 1. The normalized spacial score (nSPS) is 39.0. The van der Waals surface area contributed by atoms with Crippen LogP contribution in [-0.4, -0.2) is 24.1 Å². The second kappa shape index (κ2) is 6.35. The summed E-state index contributed by atoms with van der Waals surface area (Å²) in [5.74, 6) is 2.66. The highest BCUT2D eigenvalue weighted by molar-refractivity contribution is 5.40. The fourth-order valence-corrected chi connectivity index (χ4v) is 7.36. The van der Waals surface area contributed by atoms with Gasteiger partial charge in [0.05, 0.1) is 13.2 Å². The van der Waals surface area contributed by atoms with E-state index in [0.717, 1.165) is 32.5 Å². The average molecular weight is 369 g/mol. The van der Waals surface area contributed by atoms with Crippen LogP contribution in [0, 0.1) is 23.2 Å². The molecule has 1 aliphatic heterocycles. The van der Waals surface area contributed by atoms with E-state index in [4.69, 9.17) is 9.47 Å². The summed E-state index contributed by atoms with van der Waals surface area (Å²) in [6.45, 7) is 7.93. The van der Waals surface area contributed by atoms with Crippen molar-refractivity contribution in [3.05, 3.63) is 42.0 Å². The Balaban J connectivity index is 1.56. The lowest BCUT2D eigenvalue weighted by molar-refractivity contribution is -0.242. The topological polar surface area (TPSA) is 38.7 Å². The van der Waals surface area contributed by atoms with E-state index in [0.29, 0.717) is 29.4 Å². The van der Waals surface area contributed by atoms with Crippen molar-refractivity contribution < 1.29 is 14.6 Å². The van der Waals surface area contributed by atoms with Gasteiger partial charge < -0.3 is 14.6 Å². The molecule has 0 bridgehead atoms. The molecule has 146 valence electrons. The van der Waals surface area contributed by atoms with Gasteiger partial charge in [0, 0.05) is 11.8 Å². The van der Waals surface area contributed by atoms with E-state index < -0.39 is 0 Å². The Kier molecular flexibility index (Phi) is 4.18. The van der Waals surface area contributed by atoms with Gasteiger partial charge in [-0.2, -0.15) is 0 Å². The lowest BCUT2D eigenvalue weighted by Gasteiger charge is -2.56. The van der Waals surface area contributed by atoms with E-state index in [2.05, 4.69) is 25.6 Å². The molecule has 27 heavy (non-hydrogen) atoms. The molecule has 1 aromatic rings. The van der Waals surface area contributed by atoms with Gasteiger partial charge in [-0.3, -0.25) is 0 Å². The second-order valence-electron chi connectivity index (χ2n) is 9.45. The SMILES string of the molecule is C=CCC[C@H]1C[C@@]2(C)C(CCC23OCCO3)C2CCc3cc(O)ccc3C21. The third-order valence-corrected chi connectivity index (χ3v) is 8.37. The number of phenolic OH excluding ortho intramolecular Hbond substituents is 1. The smallest absolute Gasteiger partial charge is 0.174 e. The van der Waals surface area contributed by atoms with Crippen LogP contribution in [0.1, 0.15) is 62.5 Å². The van der Waals surface area contributed by atoms with Gasteiger partial charge in [-0.25, -0.2) is 0 Å². The first-order chi connectivity index (χ1) is 13.1. The van der Waals surface area contributed by atoms with Crippen LogP contribution in [0.2, 0.25) is 0 Å². The van der Waals surface area contributed by atoms with Crippen LogP contribution in [0.25, 0.3) is 0 Å². The van der Waals surface area contributed by atoms with E-state index >= 15 is 0 Å². The maximum Gasteiger partial charge on any atom is 0.174 e. The quantitative estimate of drug-likeness (QED) is 0.747. The summed E-state index contributed by atoms with van der Waals surface area (Å²) in [4.78, 5) is 0. The zero-order valence-electron chi connectivity index (χ0n) is 16.5. The molecule has 0 aromatic heterocycles. The summed E-state index contributed by atoms with van der Waals surface area (Å²) in [5.41, 5.74) is 2.98. The number of fused-ring (bicyclic) bond motifs is 6. The number of allylic oxidation sites excluding steroid dienone is 1. The first kappa shape index (κ1) is 17.8. The molecule has 4 aliphatic rings. The molecule has 1 aromatic carbocycles. The highest BCUT2D eigenvalue weighted by atomic mass is 16.7. The van der Waals surface area contributed by atoms with Gasteiger partial charge >= 0.3 is 0 Å². The van der Waals surface area contributed by atoms with E-state index in [1.54, 1.807) is 0 Å². The molecule has 3 heteroatoms. The van der Waals surface area contributed by atoms with Gasteiger partial charge in [0.25, 0.3) is 0 Å². The summed E-state index contributed by atoms with van der Waals surface area (Å²) >= 11 is 0. The summed E-state index contributed by atoms with van der Waals surface area (Å²) in [7, 11) is 0. The van der Waals surface area contributed by atoms with Crippen molar-refractivity contribution in [3.63, 3.8) is 0 Å². The predicted octanol–water partition coefficient (Wildman–Crippen LogP) is 5.18. The molecule has 3 unspecified atom stereocenters. The van der Waals surface area contributed by atoms with Gasteiger partial charge in [-0.15, -0.1) is 6.58 Å². The van der Waals surface area contributed by atoms with Crippen LogP contribution >= 0.6 is 0 Å². The van der Waals surface area contributed by atoms with Crippen molar-refractivity contribution in [2.75, 3.05) is 13.2 Å². The van der Waals surface area contributed by atoms with E-state index in [1.807, 2.05) is 12.1 Å². The third-order valence-electron chi connectivity index (χ3n) is 8.37. The van der Waals surface area contributed by atoms with Gasteiger partial charge in [-0.1, -0.05) is 19.1 Å². The van der Waals surface area contributed by atoms with E-state index in [-0.39, 0.29) is 11.2 Å².